The van der Waals surface area contributed by atoms with Crippen molar-refractivity contribution in [1.29, 1.82) is 0 Å². The van der Waals surface area contributed by atoms with Crippen LogP contribution in [0.4, 0.5) is 17.1 Å². The SMILES string of the molecule is CCOc1cc(NC(=S)Nc2ccc(CC)cc2)c(OCC)cc1NC(=O)c1ccco1. The van der Waals surface area contributed by atoms with Crippen LogP contribution >= 0.6 is 12.2 Å². The molecule has 0 aliphatic carbocycles. The van der Waals surface area contributed by atoms with Crippen LogP contribution in [0.25, 0.3) is 0 Å². The molecule has 32 heavy (non-hydrogen) atoms. The van der Waals surface area contributed by atoms with E-state index in [0.29, 0.717) is 41.2 Å². The lowest BCUT2D eigenvalue weighted by molar-refractivity contribution is 0.0996. The molecule has 1 amide bonds. The quantitative estimate of drug-likeness (QED) is 0.358. The smallest absolute Gasteiger partial charge is 0.291 e. The summed E-state index contributed by atoms with van der Waals surface area (Å²) in [5.41, 5.74) is 3.22. The van der Waals surface area contributed by atoms with Crippen LogP contribution in [0.3, 0.4) is 0 Å². The van der Waals surface area contributed by atoms with Gasteiger partial charge in [0.2, 0.25) is 0 Å². The molecule has 1 aromatic heterocycles. The monoisotopic (exact) mass is 453 g/mol. The minimum absolute atomic E-state index is 0.201. The number of rotatable bonds is 9. The summed E-state index contributed by atoms with van der Waals surface area (Å²) in [6, 6.07) is 14.8. The van der Waals surface area contributed by atoms with Crippen molar-refractivity contribution >= 4 is 40.3 Å². The number of anilines is 3. The van der Waals surface area contributed by atoms with Gasteiger partial charge in [-0.25, -0.2) is 0 Å². The zero-order chi connectivity index (χ0) is 22.9. The van der Waals surface area contributed by atoms with Gasteiger partial charge in [0.15, 0.2) is 10.9 Å². The minimum atomic E-state index is -0.383. The van der Waals surface area contributed by atoms with Crippen molar-refractivity contribution in [2.24, 2.45) is 0 Å². The van der Waals surface area contributed by atoms with Gasteiger partial charge in [0.05, 0.1) is 30.9 Å². The molecule has 3 N–H and O–H groups in total. The van der Waals surface area contributed by atoms with E-state index in [9.17, 15) is 4.79 Å². The van der Waals surface area contributed by atoms with Crippen molar-refractivity contribution in [2.75, 3.05) is 29.2 Å². The van der Waals surface area contributed by atoms with Gasteiger partial charge in [0.1, 0.15) is 11.5 Å². The van der Waals surface area contributed by atoms with Crippen molar-refractivity contribution in [3.63, 3.8) is 0 Å². The molecule has 0 bridgehead atoms. The van der Waals surface area contributed by atoms with Crippen LogP contribution in [-0.2, 0) is 6.42 Å². The number of nitrogens with one attached hydrogen (secondary N) is 3. The van der Waals surface area contributed by atoms with Crippen molar-refractivity contribution in [3.8, 4) is 11.5 Å². The van der Waals surface area contributed by atoms with E-state index in [1.54, 1.807) is 24.3 Å². The standard InChI is InChI=1S/C24H27N3O4S/c1-4-16-9-11-17(12-10-16)25-24(32)27-19-15-21(29-5-2)18(14-22(19)30-6-3)26-23(28)20-8-7-13-31-20/h7-15H,4-6H2,1-3H3,(H,26,28)(H2,25,27,32). The number of hydrogen-bond acceptors (Lipinski definition) is 5. The third kappa shape index (κ3) is 6.01. The maximum atomic E-state index is 12.5. The van der Waals surface area contributed by atoms with Crippen LogP contribution in [0.2, 0.25) is 0 Å². The molecule has 1 heterocycles. The Hall–Kier alpha value is -3.52. The second kappa shape index (κ2) is 11.2. The Balaban J connectivity index is 1.82. The van der Waals surface area contributed by atoms with Crippen LogP contribution in [0.5, 0.6) is 11.5 Å². The van der Waals surface area contributed by atoms with Gasteiger partial charge in [-0.2, -0.15) is 0 Å². The highest BCUT2D eigenvalue weighted by atomic mass is 32.1. The van der Waals surface area contributed by atoms with Crippen molar-refractivity contribution < 1.29 is 18.7 Å². The molecule has 0 aliphatic rings. The molecule has 2 aromatic carbocycles. The Morgan fingerprint density at radius 3 is 2.06 bits per heavy atom. The average molecular weight is 454 g/mol. The lowest BCUT2D eigenvalue weighted by atomic mass is 10.1. The number of amides is 1. The summed E-state index contributed by atoms with van der Waals surface area (Å²) in [6.07, 6.45) is 2.42. The molecule has 0 saturated carbocycles. The largest absolute Gasteiger partial charge is 0.492 e. The summed E-state index contributed by atoms with van der Waals surface area (Å²) in [5.74, 6) is 0.823. The number of carbonyl (C=O) groups excluding carboxylic acids is 1. The highest BCUT2D eigenvalue weighted by molar-refractivity contribution is 7.80. The number of ether oxygens (including phenoxy) is 2. The predicted molar refractivity (Wildman–Crippen MR) is 131 cm³/mol. The molecule has 0 atom stereocenters. The van der Waals surface area contributed by atoms with Gasteiger partial charge in [-0.1, -0.05) is 19.1 Å². The molecule has 0 radical (unpaired) electrons. The minimum Gasteiger partial charge on any atom is -0.492 e. The Bertz CT molecular complexity index is 1050. The van der Waals surface area contributed by atoms with Gasteiger partial charge in [-0.05, 0) is 62.3 Å². The molecular formula is C24H27N3O4S. The number of furan rings is 1. The van der Waals surface area contributed by atoms with Crippen LogP contribution in [0, 0.1) is 0 Å². The van der Waals surface area contributed by atoms with E-state index in [0.717, 1.165) is 12.1 Å². The summed E-state index contributed by atoms with van der Waals surface area (Å²) < 4.78 is 16.7. The molecule has 168 valence electrons. The van der Waals surface area contributed by atoms with Gasteiger partial charge >= 0.3 is 0 Å². The fourth-order valence-electron chi connectivity index (χ4n) is 3.01. The average Bonchev–Trinajstić information content (AvgIpc) is 3.32. The second-order valence-corrected chi connectivity index (χ2v) is 7.18. The molecule has 0 saturated heterocycles. The van der Waals surface area contributed by atoms with E-state index >= 15 is 0 Å². The zero-order valence-electron chi connectivity index (χ0n) is 18.4. The summed E-state index contributed by atoms with van der Waals surface area (Å²) >= 11 is 5.49. The lowest BCUT2D eigenvalue weighted by Crippen LogP contribution is -2.20. The van der Waals surface area contributed by atoms with E-state index in [4.69, 9.17) is 26.1 Å². The van der Waals surface area contributed by atoms with Gasteiger partial charge in [-0.15, -0.1) is 0 Å². The molecule has 8 heteroatoms. The Morgan fingerprint density at radius 1 is 0.906 bits per heavy atom. The molecule has 7 nitrogen and oxygen atoms in total. The first-order valence-electron chi connectivity index (χ1n) is 10.5. The summed E-state index contributed by atoms with van der Waals surface area (Å²) in [4.78, 5) is 12.5. The Kier molecular flexibility index (Phi) is 8.10. The van der Waals surface area contributed by atoms with E-state index in [2.05, 4.69) is 35.0 Å². The van der Waals surface area contributed by atoms with Crippen molar-refractivity contribution in [1.82, 2.24) is 0 Å². The first kappa shape index (κ1) is 23.1. The van der Waals surface area contributed by atoms with Crippen LogP contribution in [0.1, 0.15) is 36.9 Å². The molecule has 0 spiro atoms. The van der Waals surface area contributed by atoms with E-state index < -0.39 is 0 Å². The molecule has 3 rings (SSSR count). The van der Waals surface area contributed by atoms with E-state index in [1.165, 1.54) is 11.8 Å². The van der Waals surface area contributed by atoms with Crippen LogP contribution < -0.4 is 25.4 Å². The van der Waals surface area contributed by atoms with Gasteiger partial charge in [0, 0.05) is 17.8 Å². The third-order valence-electron chi connectivity index (χ3n) is 4.54. The molecule has 0 aliphatic heterocycles. The number of hydrogen-bond donors (Lipinski definition) is 3. The number of thiocarbonyl (C=S) groups is 1. The van der Waals surface area contributed by atoms with Gasteiger partial charge in [0.25, 0.3) is 5.91 Å². The lowest BCUT2D eigenvalue weighted by Gasteiger charge is -2.19. The highest BCUT2D eigenvalue weighted by Crippen LogP contribution is 2.37. The number of benzene rings is 2. The third-order valence-corrected chi connectivity index (χ3v) is 4.75. The van der Waals surface area contributed by atoms with E-state index in [1.807, 2.05) is 26.0 Å². The number of aryl methyl sites for hydroxylation is 1. The second-order valence-electron chi connectivity index (χ2n) is 6.77. The zero-order valence-corrected chi connectivity index (χ0v) is 19.2. The fourth-order valence-corrected chi connectivity index (χ4v) is 3.23. The van der Waals surface area contributed by atoms with Gasteiger partial charge in [-0.3, -0.25) is 4.79 Å². The summed E-state index contributed by atoms with van der Waals surface area (Å²) in [6.45, 7) is 6.72. The first-order chi connectivity index (χ1) is 15.5. The highest BCUT2D eigenvalue weighted by Gasteiger charge is 2.17. The molecule has 0 unspecified atom stereocenters. The topological polar surface area (TPSA) is 84.8 Å². The van der Waals surface area contributed by atoms with E-state index in [-0.39, 0.29) is 11.7 Å². The molecule has 3 aromatic rings. The summed E-state index contributed by atoms with van der Waals surface area (Å²) in [7, 11) is 0. The maximum Gasteiger partial charge on any atom is 0.291 e. The fraction of sp³-hybridized carbons (Fsp3) is 0.250. The van der Waals surface area contributed by atoms with Crippen molar-refractivity contribution in [3.05, 3.63) is 66.1 Å². The number of carbonyl (C=O) groups is 1. The molecule has 0 fully saturated rings. The first-order valence-corrected chi connectivity index (χ1v) is 10.9. The normalized spacial score (nSPS) is 10.3. The summed E-state index contributed by atoms with van der Waals surface area (Å²) in [5, 5.41) is 9.55. The molecular weight excluding hydrogens is 426 g/mol. The van der Waals surface area contributed by atoms with Crippen LogP contribution in [0.15, 0.2) is 59.2 Å². The Morgan fingerprint density at radius 2 is 1.53 bits per heavy atom. The van der Waals surface area contributed by atoms with Crippen molar-refractivity contribution in [2.45, 2.75) is 27.2 Å². The van der Waals surface area contributed by atoms with Gasteiger partial charge < -0.3 is 29.8 Å². The van der Waals surface area contributed by atoms with Crippen LogP contribution in [-0.4, -0.2) is 24.2 Å². The predicted octanol–water partition coefficient (Wildman–Crippen LogP) is 5.70. The Labute approximate surface area is 193 Å². The maximum absolute atomic E-state index is 12.5.